The van der Waals surface area contributed by atoms with Crippen LogP contribution in [-0.4, -0.2) is 46.1 Å². The third-order valence-corrected chi connectivity index (χ3v) is 8.41. The molecule has 42 heavy (non-hydrogen) atoms. The van der Waals surface area contributed by atoms with Gasteiger partial charge in [-0.15, -0.1) is 0 Å². The third-order valence-electron chi connectivity index (χ3n) is 8.41. The minimum absolute atomic E-state index is 0.133. The second-order valence-electron chi connectivity index (χ2n) is 13.4. The summed E-state index contributed by atoms with van der Waals surface area (Å²) in [5, 5.41) is 14.4. The molecular formula is C35H45N3O4. The van der Waals surface area contributed by atoms with E-state index in [1.165, 1.54) is 0 Å². The van der Waals surface area contributed by atoms with Crippen molar-refractivity contribution >= 4 is 11.9 Å². The molecule has 1 unspecified atom stereocenters. The van der Waals surface area contributed by atoms with Crippen molar-refractivity contribution in [2.45, 2.75) is 84.5 Å². The van der Waals surface area contributed by atoms with E-state index in [0.29, 0.717) is 12.4 Å². The number of hydrogen-bond donors (Lipinski definition) is 2. The first kappa shape index (κ1) is 31.2. The molecule has 0 bridgehead atoms. The Morgan fingerprint density at radius 2 is 1.55 bits per heavy atom. The Bertz CT molecular complexity index is 1380. The van der Waals surface area contributed by atoms with E-state index in [9.17, 15) is 14.7 Å². The molecular weight excluding hydrogens is 526 g/mol. The molecule has 1 fully saturated rings. The molecule has 0 aliphatic carbocycles. The Labute approximate surface area is 250 Å². The smallest absolute Gasteiger partial charge is 0.326 e. The predicted octanol–water partition coefficient (Wildman–Crippen LogP) is 6.35. The maximum absolute atomic E-state index is 14.4. The third kappa shape index (κ3) is 6.36. The van der Waals surface area contributed by atoms with E-state index in [-0.39, 0.29) is 23.3 Å². The lowest BCUT2D eigenvalue weighted by atomic mass is 9.72. The summed E-state index contributed by atoms with van der Waals surface area (Å²) in [7, 11) is 1.62. The molecule has 1 aliphatic heterocycles. The second-order valence-corrected chi connectivity index (χ2v) is 13.4. The minimum Gasteiger partial charge on any atom is -0.481 e. The van der Waals surface area contributed by atoms with E-state index >= 15 is 0 Å². The molecule has 7 heteroatoms. The molecule has 1 aromatic heterocycles. The number of carbonyl (C=O) groups excluding carboxylic acids is 1. The highest BCUT2D eigenvalue weighted by atomic mass is 16.5. The maximum atomic E-state index is 14.4. The first-order valence-electron chi connectivity index (χ1n) is 14.7. The number of pyridine rings is 1. The van der Waals surface area contributed by atoms with Crippen molar-refractivity contribution in [3.63, 3.8) is 0 Å². The topological polar surface area (TPSA) is 91.8 Å². The summed E-state index contributed by atoms with van der Waals surface area (Å²) in [6, 6.07) is 21.5. The van der Waals surface area contributed by atoms with Crippen molar-refractivity contribution < 1.29 is 19.4 Å². The van der Waals surface area contributed by atoms with Crippen molar-refractivity contribution in [2.24, 2.45) is 11.3 Å². The van der Waals surface area contributed by atoms with Gasteiger partial charge < -0.3 is 20.1 Å². The lowest BCUT2D eigenvalue weighted by Gasteiger charge is -2.35. The van der Waals surface area contributed by atoms with Crippen LogP contribution in [0, 0.1) is 11.3 Å². The highest BCUT2D eigenvalue weighted by molar-refractivity contribution is 5.89. The summed E-state index contributed by atoms with van der Waals surface area (Å²) in [5.41, 5.74) is 2.99. The summed E-state index contributed by atoms with van der Waals surface area (Å²) in [5.74, 6) is -1.55. The fraction of sp³-hybridized carbons (Fsp3) is 0.457. The van der Waals surface area contributed by atoms with Crippen molar-refractivity contribution in [2.75, 3.05) is 7.11 Å². The predicted molar refractivity (Wildman–Crippen MR) is 165 cm³/mol. The van der Waals surface area contributed by atoms with Gasteiger partial charge in [0.25, 0.3) is 0 Å². The van der Waals surface area contributed by atoms with Gasteiger partial charge in [0.2, 0.25) is 11.8 Å². The number of nitrogens with one attached hydrogen (secondary N) is 1. The first-order chi connectivity index (χ1) is 19.8. The van der Waals surface area contributed by atoms with Crippen LogP contribution in [0.3, 0.4) is 0 Å². The van der Waals surface area contributed by atoms with Crippen LogP contribution < -0.4 is 10.1 Å². The van der Waals surface area contributed by atoms with Crippen molar-refractivity contribution in [3.05, 3.63) is 95.2 Å². The van der Waals surface area contributed by atoms with E-state index in [4.69, 9.17) is 9.72 Å². The highest BCUT2D eigenvalue weighted by Gasteiger charge is 2.58. The van der Waals surface area contributed by atoms with Gasteiger partial charge >= 0.3 is 5.97 Å². The number of aliphatic carboxylic acids is 1. The number of benzene rings is 2. The summed E-state index contributed by atoms with van der Waals surface area (Å²) in [6.45, 7) is 14.8. The number of ether oxygens (including phenoxy) is 1. The molecule has 2 heterocycles. The van der Waals surface area contributed by atoms with Gasteiger partial charge in [-0.3, -0.25) is 4.79 Å². The molecule has 224 valence electrons. The standard InChI is InChI=1S/C35H45N3O4/c1-22(23-15-11-9-12-16-23)32(39)38-29(24-17-13-10-14-18-24)28(27(35(5,6)7)30(38)33(40)41)36-21-25-19-20-26(34(2,3)4)37-31(25)42-8/h9-20,22,27-30,36H,21H2,1-8H3,(H,40,41)/t22?,27-,28-,29-,30-/m0/s1. The van der Waals surface area contributed by atoms with Crippen molar-refractivity contribution in [3.8, 4) is 5.88 Å². The largest absolute Gasteiger partial charge is 0.481 e. The Hall–Kier alpha value is -3.71. The zero-order valence-electron chi connectivity index (χ0n) is 26.1. The van der Waals surface area contributed by atoms with E-state index in [2.05, 4.69) is 46.9 Å². The van der Waals surface area contributed by atoms with Crippen LogP contribution >= 0.6 is 0 Å². The number of carboxylic acids is 1. The average Bonchev–Trinajstić information content (AvgIpc) is 3.31. The molecule has 0 spiro atoms. The summed E-state index contributed by atoms with van der Waals surface area (Å²) in [4.78, 5) is 33.9. The molecule has 1 amide bonds. The monoisotopic (exact) mass is 571 g/mol. The zero-order chi connectivity index (χ0) is 30.8. The Morgan fingerprint density at radius 1 is 0.952 bits per heavy atom. The van der Waals surface area contributed by atoms with E-state index in [1.54, 1.807) is 12.0 Å². The van der Waals surface area contributed by atoms with Crippen LogP contribution in [0.1, 0.15) is 82.8 Å². The first-order valence-corrected chi connectivity index (χ1v) is 14.7. The van der Waals surface area contributed by atoms with Gasteiger partial charge in [0.15, 0.2) is 0 Å². The number of carbonyl (C=O) groups is 2. The van der Waals surface area contributed by atoms with Crippen LogP contribution in [0.15, 0.2) is 72.8 Å². The van der Waals surface area contributed by atoms with E-state index in [1.807, 2.05) is 79.7 Å². The molecule has 7 nitrogen and oxygen atoms in total. The van der Waals surface area contributed by atoms with Gasteiger partial charge in [-0.1, -0.05) is 108 Å². The lowest BCUT2D eigenvalue weighted by molar-refractivity contribution is -0.152. The fourth-order valence-electron chi connectivity index (χ4n) is 6.26. The van der Waals surface area contributed by atoms with Gasteiger partial charge in [0.1, 0.15) is 6.04 Å². The number of amides is 1. The fourth-order valence-corrected chi connectivity index (χ4v) is 6.26. The lowest BCUT2D eigenvalue weighted by Crippen LogP contribution is -2.48. The number of aromatic nitrogens is 1. The quantitative estimate of drug-likeness (QED) is 0.327. The van der Waals surface area contributed by atoms with Gasteiger partial charge in [0, 0.05) is 35.2 Å². The number of rotatable bonds is 8. The molecule has 1 saturated heterocycles. The summed E-state index contributed by atoms with van der Waals surface area (Å²) < 4.78 is 5.69. The zero-order valence-corrected chi connectivity index (χ0v) is 26.1. The average molecular weight is 572 g/mol. The molecule has 1 aliphatic rings. The van der Waals surface area contributed by atoms with Crippen LogP contribution in [0.5, 0.6) is 5.88 Å². The van der Waals surface area contributed by atoms with Crippen molar-refractivity contribution in [1.82, 2.24) is 15.2 Å². The number of methoxy groups -OCH3 is 1. The molecule has 4 rings (SSSR count). The van der Waals surface area contributed by atoms with E-state index in [0.717, 1.165) is 22.4 Å². The summed E-state index contributed by atoms with van der Waals surface area (Å²) in [6.07, 6.45) is 0. The van der Waals surface area contributed by atoms with Crippen LogP contribution in [0.4, 0.5) is 0 Å². The van der Waals surface area contributed by atoms with E-state index < -0.39 is 29.4 Å². The van der Waals surface area contributed by atoms with Crippen LogP contribution in [-0.2, 0) is 21.5 Å². The summed E-state index contributed by atoms with van der Waals surface area (Å²) >= 11 is 0. The van der Waals surface area contributed by atoms with Gasteiger partial charge in [-0.25, -0.2) is 9.78 Å². The minimum atomic E-state index is -1.02. The number of nitrogens with zero attached hydrogens (tertiary/aromatic N) is 2. The van der Waals surface area contributed by atoms with Gasteiger partial charge in [0.05, 0.1) is 19.1 Å². The molecule has 0 saturated carbocycles. The molecule has 3 aromatic rings. The van der Waals surface area contributed by atoms with Gasteiger partial charge in [-0.05, 0) is 29.5 Å². The normalized spacial score (nSPS) is 21.7. The van der Waals surface area contributed by atoms with Gasteiger partial charge in [-0.2, -0.15) is 0 Å². The Balaban J connectivity index is 1.81. The number of likely N-dealkylation sites (tertiary alicyclic amines) is 1. The SMILES string of the molecule is COc1nc(C(C)(C)C)ccc1CN[C@H]1[C@H](C(C)(C)C)[C@@H](C(=O)O)N(C(=O)C(C)c2ccccc2)[C@H]1c1ccccc1. The second kappa shape index (κ2) is 12.3. The Kier molecular flexibility index (Phi) is 9.12. The number of hydrogen-bond acceptors (Lipinski definition) is 5. The van der Waals surface area contributed by atoms with Crippen LogP contribution in [0.2, 0.25) is 0 Å². The molecule has 5 atom stereocenters. The highest BCUT2D eigenvalue weighted by Crippen LogP contribution is 2.49. The number of carboxylic acid groups (broad SMARTS) is 1. The molecule has 0 radical (unpaired) electrons. The molecule has 2 N–H and O–H groups in total. The van der Waals surface area contributed by atoms with Crippen LogP contribution in [0.25, 0.3) is 0 Å². The Morgan fingerprint density at radius 3 is 2.07 bits per heavy atom. The maximum Gasteiger partial charge on any atom is 0.326 e. The van der Waals surface area contributed by atoms with Crippen molar-refractivity contribution in [1.29, 1.82) is 0 Å². The molecule has 2 aromatic carbocycles.